The lowest BCUT2D eigenvalue weighted by molar-refractivity contribution is -0.385. The number of aromatic hydroxyl groups is 1. The standard InChI is InChI=1S/C19H25N3O9/c23-16-6-5-13(22(30)31)7-12(16)8-20(9-17(24)25)14-3-1-2-4-15(14)21(10-18(26)27)11-19(28)29/h5-7,14-15,23H,1-4,8-11H2,(H,24,25)(H,26,27)(H,28,29). The number of hydrogen-bond acceptors (Lipinski definition) is 8. The molecule has 170 valence electrons. The molecule has 1 aromatic rings. The van der Waals surface area contributed by atoms with Gasteiger partial charge in [-0.2, -0.15) is 0 Å². The highest BCUT2D eigenvalue weighted by Crippen LogP contribution is 2.31. The van der Waals surface area contributed by atoms with Crippen LogP contribution in [0.5, 0.6) is 5.75 Å². The summed E-state index contributed by atoms with van der Waals surface area (Å²) in [6.07, 6.45) is 2.41. The SMILES string of the molecule is O=C(O)CN(CC(=O)O)C1CCCCC1N(CC(=O)O)Cc1cc([N+](=O)[O-])ccc1O. The molecule has 0 heterocycles. The fourth-order valence-electron chi connectivity index (χ4n) is 4.08. The number of nitro groups is 1. The Kier molecular flexibility index (Phi) is 8.28. The minimum atomic E-state index is -1.20. The lowest BCUT2D eigenvalue weighted by Gasteiger charge is -2.44. The summed E-state index contributed by atoms with van der Waals surface area (Å²) in [5.41, 5.74) is -0.107. The summed E-state index contributed by atoms with van der Waals surface area (Å²) in [7, 11) is 0. The van der Waals surface area contributed by atoms with Gasteiger partial charge < -0.3 is 20.4 Å². The second kappa shape index (κ2) is 10.7. The minimum absolute atomic E-state index is 0.130. The van der Waals surface area contributed by atoms with Crippen LogP contribution in [-0.2, 0) is 20.9 Å². The van der Waals surface area contributed by atoms with E-state index in [0.29, 0.717) is 12.8 Å². The molecule has 0 radical (unpaired) electrons. The number of nitro benzene ring substituents is 1. The number of carbonyl (C=O) groups is 3. The van der Waals surface area contributed by atoms with E-state index in [9.17, 15) is 44.9 Å². The van der Waals surface area contributed by atoms with Crippen molar-refractivity contribution in [1.82, 2.24) is 9.80 Å². The van der Waals surface area contributed by atoms with Crippen molar-refractivity contribution in [1.29, 1.82) is 0 Å². The molecule has 4 N–H and O–H groups in total. The Labute approximate surface area is 177 Å². The predicted molar refractivity (Wildman–Crippen MR) is 106 cm³/mol. The Morgan fingerprint density at radius 1 is 0.935 bits per heavy atom. The molecule has 12 nitrogen and oxygen atoms in total. The molecule has 2 rings (SSSR count). The molecule has 1 aromatic carbocycles. The first-order chi connectivity index (χ1) is 14.6. The van der Waals surface area contributed by atoms with Crippen molar-refractivity contribution >= 4 is 23.6 Å². The molecule has 12 heteroatoms. The zero-order valence-corrected chi connectivity index (χ0v) is 16.7. The summed E-state index contributed by atoms with van der Waals surface area (Å²) in [5, 5.41) is 49.1. The molecule has 31 heavy (non-hydrogen) atoms. The van der Waals surface area contributed by atoms with Crippen LogP contribution < -0.4 is 0 Å². The summed E-state index contributed by atoms with van der Waals surface area (Å²) in [6.45, 7) is -1.63. The zero-order valence-electron chi connectivity index (χ0n) is 16.7. The summed E-state index contributed by atoms with van der Waals surface area (Å²) in [5.74, 6) is -3.81. The van der Waals surface area contributed by atoms with Crippen LogP contribution in [-0.4, -0.2) is 84.8 Å². The van der Waals surface area contributed by atoms with Crippen molar-refractivity contribution in [3.63, 3.8) is 0 Å². The Morgan fingerprint density at radius 3 is 1.90 bits per heavy atom. The van der Waals surface area contributed by atoms with Gasteiger partial charge in [-0.05, 0) is 18.9 Å². The molecule has 1 saturated carbocycles. The van der Waals surface area contributed by atoms with E-state index in [-0.39, 0.29) is 23.5 Å². The van der Waals surface area contributed by atoms with Crippen LogP contribution in [0.4, 0.5) is 5.69 Å². The zero-order chi connectivity index (χ0) is 23.1. The lowest BCUT2D eigenvalue weighted by atomic mass is 9.87. The van der Waals surface area contributed by atoms with Crippen molar-refractivity contribution in [3.8, 4) is 5.75 Å². The van der Waals surface area contributed by atoms with Crippen LogP contribution in [0, 0.1) is 10.1 Å². The molecule has 0 saturated heterocycles. The normalized spacial score (nSPS) is 18.8. The summed E-state index contributed by atoms with van der Waals surface area (Å²) < 4.78 is 0. The van der Waals surface area contributed by atoms with Crippen molar-refractivity contribution in [2.45, 2.75) is 44.3 Å². The van der Waals surface area contributed by atoms with E-state index < -0.39 is 54.5 Å². The fraction of sp³-hybridized carbons (Fsp3) is 0.526. The van der Waals surface area contributed by atoms with Gasteiger partial charge in [-0.25, -0.2) is 0 Å². The third kappa shape index (κ3) is 6.89. The number of phenols is 1. The molecule has 0 aromatic heterocycles. The number of rotatable bonds is 11. The molecular weight excluding hydrogens is 414 g/mol. The third-order valence-corrected chi connectivity index (χ3v) is 5.29. The Balaban J connectivity index is 2.38. The van der Waals surface area contributed by atoms with E-state index in [0.717, 1.165) is 31.0 Å². The van der Waals surface area contributed by atoms with Gasteiger partial charge in [-0.3, -0.25) is 34.3 Å². The molecule has 1 aliphatic carbocycles. The molecule has 0 bridgehead atoms. The summed E-state index contributed by atoms with van der Waals surface area (Å²) >= 11 is 0. The van der Waals surface area contributed by atoms with Gasteiger partial charge in [-0.1, -0.05) is 12.8 Å². The molecule has 2 atom stereocenters. The van der Waals surface area contributed by atoms with Gasteiger partial charge in [0.25, 0.3) is 5.69 Å². The van der Waals surface area contributed by atoms with Crippen LogP contribution >= 0.6 is 0 Å². The van der Waals surface area contributed by atoms with Crippen LogP contribution in [0.2, 0.25) is 0 Å². The maximum atomic E-state index is 11.5. The molecule has 1 aliphatic rings. The Hall–Kier alpha value is -3.25. The van der Waals surface area contributed by atoms with Crippen LogP contribution in [0.1, 0.15) is 31.2 Å². The molecular formula is C19H25N3O9. The number of aliphatic carboxylic acids is 3. The number of benzene rings is 1. The minimum Gasteiger partial charge on any atom is -0.508 e. The van der Waals surface area contributed by atoms with Gasteiger partial charge in [0.2, 0.25) is 0 Å². The second-order valence-corrected chi connectivity index (χ2v) is 7.48. The second-order valence-electron chi connectivity index (χ2n) is 7.48. The first kappa shape index (κ1) is 24.0. The topological polar surface area (TPSA) is 182 Å². The number of phenolic OH excluding ortho intramolecular Hbond substituents is 1. The molecule has 0 spiro atoms. The average molecular weight is 439 g/mol. The van der Waals surface area contributed by atoms with Gasteiger partial charge >= 0.3 is 17.9 Å². The fourth-order valence-corrected chi connectivity index (χ4v) is 4.08. The monoisotopic (exact) mass is 439 g/mol. The largest absolute Gasteiger partial charge is 0.508 e. The van der Waals surface area contributed by atoms with Crippen molar-refractivity contribution in [3.05, 3.63) is 33.9 Å². The maximum absolute atomic E-state index is 11.5. The van der Waals surface area contributed by atoms with E-state index in [2.05, 4.69) is 0 Å². The number of non-ortho nitro benzene ring substituents is 1. The molecule has 1 fully saturated rings. The maximum Gasteiger partial charge on any atom is 0.317 e. The van der Waals surface area contributed by atoms with Gasteiger partial charge in [0.05, 0.1) is 24.6 Å². The quantitative estimate of drug-likeness (QED) is 0.285. The number of carboxylic acid groups (broad SMARTS) is 3. The first-order valence-electron chi connectivity index (χ1n) is 9.68. The highest BCUT2D eigenvalue weighted by molar-refractivity contribution is 5.72. The van der Waals surface area contributed by atoms with Crippen LogP contribution in [0.15, 0.2) is 18.2 Å². The van der Waals surface area contributed by atoms with Crippen LogP contribution in [0.3, 0.4) is 0 Å². The first-order valence-corrected chi connectivity index (χ1v) is 9.68. The van der Waals surface area contributed by atoms with Gasteiger partial charge in [0.15, 0.2) is 0 Å². The van der Waals surface area contributed by atoms with E-state index in [1.807, 2.05) is 0 Å². The third-order valence-electron chi connectivity index (χ3n) is 5.29. The van der Waals surface area contributed by atoms with Crippen molar-refractivity contribution in [2.75, 3.05) is 19.6 Å². The molecule has 0 aliphatic heterocycles. The number of carboxylic acids is 3. The average Bonchev–Trinajstić information content (AvgIpc) is 2.67. The Morgan fingerprint density at radius 2 is 1.42 bits per heavy atom. The highest BCUT2D eigenvalue weighted by Gasteiger charge is 2.36. The van der Waals surface area contributed by atoms with E-state index in [4.69, 9.17) is 0 Å². The predicted octanol–water partition coefficient (Wildman–Crippen LogP) is 0.969. The molecule has 2 unspecified atom stereocenters. The van der Waals surface area contributed by atoms with Gasteiger partial charge in [0, 0.05) is 36.3 Å². The van der Waals surface area contributed by atoms with E-state index >= 15 is 0 Å². The molecule has 0 amide bonds. The van der Waals surface area contributed by atoms with Gasteiger partial charge in [0.1, 0.15) is 5.75 Å². The number of nitrogens with zero attached hydrogens (tertiary/aromatic N) is 3. The van der Waals surface area contributed by atoms with E-state index in [1.54, 1.807) is 0 Å². The van der Waals surface area contributed by atoms with E-state index in [1.165, 1.54) is 9.80 Å². The number of hydrogen-bond donors (Lipinski definition) is 4. The summed E-state index contributed by atoms with van der Waals surface area (Å²) in [4.78, 5) is 47.3. The van der Waals surface area contributed by atoms with Crippen molar-refractivity contribution in [2.24, 2.45) is 0 Å². The lowest BCUT2D eigenvalue weighted by Crippen LogP contribution is -2.56. The van der Waals surface area contributed by atoms with Crippen LogP contribution in [0.25, 0.3) is 0 Å². The smallest absolute Gasteiger partial charge is 0.317 e. The Bertz CT molecular complexity index is 829. The highest BCUT2D eigenvalue weighted by atomic mass is 16.6. The van der Waals surface area contributed by atoms with Gasteiger partial charge in [-0.15, -0.1) is 0 Å². The van der Waals surface area contributed by atoms with Crippen molar-refractivity contribution < 1.29 is 39.7 Å². The summed E-state index contributed by atoms with van der Waals surface area (Å²) in [6, 6.07) is 2.40.